The average Bonchev–Trinajstić information content (AvgIpc) is 3.31. The van der Waals surface area contributed by atoms with Crippen molar-refractivity contribution in [1.82, 2.24) is 19.7 Å². The molecule has 3 aliphatic rings. The summed E-state index contributed by atoms with van der Waals surface area (Å²) in [5.41, 5.74) is 0.0977. The predicted molar refractivity (Wildman–Crippen MR) is 112 cm³/mol. The number of likely N-dealkylation sites (tertiary alicyclic amines) is 1. The molecule has 1 aliphatic carbocycles. The smallest absolute Gasteiger partial charge is 0.222 e. The Kier molecular flexibility index (Phi) is 6.57. The van der Waals surface area contributed by atoms with E-state index in [1.807, 2.05) is 6.33 Å². The molecular weight excluding hydrogens is 364 g/mol. The van der Waals surface area contributed by atoms with E-state index in [2.05, 4.69) is 33.5 Å². The molecule has 3 fully saturated rings. The fourth-order valence-electron chi connectivity index (χ4n) is 5.83. The topological polar surface area (TPSA) is 60.2 Å². The minimum absolute atomic E-state index is 0.0977. The van der Waals surface area contributed by atoms with Gasteiger partial charge in [-0.3, -0.25) is 4.79 Å². The number of rotatable bonds is 6. The van der Waals surface area contributed by atoms with E-state index in [4.69, 9.17) is 4.74 Å². The van der Waals surface area contributed by atoms with Crippen molar-refractivity contribution < 1.29 is 9.53 Å². The lowest BCUT2D eigenvalue weighted by molar-refractivity contribution is -0.131. The predicted octanol–water partition coefficient (Wildman–Crippen LogP) is 4.02. The van der Waals surface area contributed by atoms with Gasteiger partial charge in [-0.05, 0) is 31.1 Å². The van der Waals surface area contributed by atoms with Gasteiger partial charge in [0.1, 0.15) is 12.2 Å². The largest absolute Gasteiger partial charge is 0.381 e. The van der Waals surface area contributed by atoms with Crippen LogP contribution in [0.15, 0.2) is 6.33 Å². The molecule has 1 aromatic rings. The van der Waals surface area contributed by atoms with E-state index < -0.39 is 0 Å². The zero-order valence-corrected chi connectivity index (χ0v) is 18.3. The first-order chi connectivity index (χ1) is 14.1. The van der Waals surface area contributed by atoms with Gasteiger partial charge in [-0.1, -0.05) is 46.0 Å². The van der Waals surface area contributed by atoms with Crippen LogP contribution in [-0.4, -0.2) is 51.9 Å². The second-order valence-corrected chi connectivity index (χ2v) is 10.1. The number of amides is 1. The molecule has 1 atom stereocenters. The third kappa shape index (κ3) is 4.68. The number of carbonyl (C=O) groups excluding carboxylic acids is 1. The van der Waals surface area contributed by atoms with Crippen molar-refractivity contribution in [1.29, 1.82) is 0 Å². The van der Waals surface area contributed by atoms with Gasteiger partial charge in [-0.2, -0.15) is 0 Å². The summed E-state index contributed by atoms with van der Waals surface area (Å²) in [5.74, 6) is 3.00. The van der Waals surface area contributed by atoms with E-state index in [1.165, 1.54) is 32.1 Å². The first kappa shape index (κ1) is 20.8. The summed E-state index contributed by atoms with van der Waals surface area (Å²) in [6.07, 6.45) is 12.4. The molecule has 1 unspecified atom stereocenters. The van der Waals surface area contributed by atoms with Gasteiger partial charge < -0.3 is 14.2 Å². The molecule has 1 aromatic heterocycles. The van der Waals surface area contributed by atoms with Gasteiger partial charge in [0.15, 0.2) is 0 Å². The molecular formula is C23H38N4O2. The van der Waals surface area contributed by atoms with Gasteiger partial charge in [0.05, 0.1) is 0 Å². The number of carbonyl (C=O) groups is 1. The lowest BCUT2D eigenvalue weighted by Gasteiger charge is -2.37. The van der Waals surface area contributed by atoms with Crippen LogP contribution in [0, 0.1) is 17.3 Å². The van der Waals surface area contributed by atoms with Crippen LogP contribution in [0.5, 0.6) is 0 Å². The second kappa shape index (κ2) is 9.15. The van der Waals surface area contributed by atoms with Gasteiger partial charge in [0.25, 0.3) is 0 Å². The summed E-state index contributed by atoms with van der Waals surface area (Å²) < 4.78 is 7.92. The van der Waals surface area contributed by atoms with Gasteiger partial charge in [-0.15, -0.1) is 10.2 Å². The fraction of sp³-hybridized carbons (Fsp3) is 0.870. The molecule has 6 nitrogen and oxygen atoms in total. The van der Waals surface area contributed by atoms with Crippen LogP contribution in [0.2, 0.25) is 0 Å². The first-order valence-electron chi connectivity index (χ1n) is 11.8. The highest BCUT2D eigenvalue weighted by molar-refractivity contribution is 5.76. The maximum atomic E-state index is 13.1. The monoisotopic (exact) mass is 402 g/mol. The summed E-state index contributed by atoms with van der Waals surface area (Å²) in [5, 5.41) is 8.79. The molecule has 4 rings (SSSR count). The lowest BCUT2D eigenvalue weighted by atomic mass is 9.71. The molecule has 1 saturated carbocycles. The van der Waals surface area contributed by atoms with E-state index in [9.17, 15) is 4.79 Å². The van der Waals surface area contributed by atoms with E-state index in [-0.39, 0.29) is 11.3 Å². The minimum atomic E-state index is 0.0977. The number of hydrogen-bond donors (Lipinski definition) is 0. The number of aromatic nitrogens is 3. The number of ether oxygens (including phenoxy) is 1. The van der Waals surface area contributed by atoms with Crippen LogP contribution in [0.4, 0.5) is 0 Å². The molecule has 0 N–H and O–H groups in total. The van der Waals surface area contributed by atoms with Gasteiger partial charge in [-0.25, -0.2) is 0 Å². The van der Waals surface area contributed by atoms with Crippen LogP contribution in [0.3, 0.4) is 0 Å². The van der Waals surface area contributed by atoms with E-state index in [0.29, 0.717) is 18.2 Å². The molecule has 6 heteroatoms. The molecule has 3 heterocycles. The summed E-state index contributed by atoms with van der Waals surface area (Å²) in [4.78, 5) is 15.3. The van der Waals surface area contributed by atoms with Gasteiger partial charge >= 0.3 is 0 Å². The molecule has 0 radical (unpaired) electrons. The standard InChI is InChI=1S/C23H38N4O2/c1-18(2)14-27-17-24-25-22(27)20-15-26(16-23(20)10-12-29-13-11-23)21(28)9-8-19-6-4-3-5-7-19/h17-20H,3-16H2,1-2H3. The van der Waals surface area contributed by atoms with Crippen molar-refractivity contribution in [2.24, 2.45) is 17.3 Å². The third-order valence-electron chi connectivity index (χ3n) is 7.50. The van der Waals surface area contributed by atoms with Crippen molar-refractivity contribution >= 4 is 5.91 Å². The van der Waals surface area contributed by atoms with Crippen LogP contribution >= 0.6 is 0 Å². The van der Waals surface area contributed by atoms with Crippen molar-refractivity contribution in [3.63, 3.8) is 0 Å². The Bertz CT molecular complexity index is 674. The maximum absolute atomic E-state index is 13.1. The minimum Gasteiger partial charge on any atom is -0.381 e. The normalized spacial score (nSPS) is 25.2. The van der Waals surface area contributed by atoms with Crippen LogP contribution < -0.4 is 0 Å². The maximum Gasteiger partial charge on any atom is 0.222 e. The molecule has 29 heavy (non-hydrogen) atoms. The van der Waals surface area contributed by atoms with Crippen LogP contribution in [-0.2, 0) is 16.1 Å². The molecule has 2 aliphatic heterocycles. The molecule has 1 spiro atoms. The Labute approximate surface area is 175 Å². The van der Waals surface area contributed by atoms with E-state index in [1.54, 1.807) is 0 Å². The summed E-state index contributed by atoms with van der Waals surface area (Å²) in [7, 11) is 0. The van der Waals surface area contributed by atoms with E-state index in [0.717, 1.165) is 63.9 Å². The molecule has 0 aromatic carbocycles. The quantitative estimate of drug-likeness (QED) is 0.721. The van der Waals surface area contributed by atoms with Crippen molar-refractivity contribution in [3.8, 4) is 0 Å². The number of nitrogens with zero attached hydrogens (tertiary/aromatic N) is 4. The highest BCUT2D eigenvalue weighted by atomic mass is 16.5. The third-order valence-corrected chi connectivity index (χ3v) is 7.50. The second-order valence-electron chi connectivity index (χ2n) is 10.1. The van der Waals surface area contributed by atoms with Crippen molar-refractivity contribution in [2.45, 2.75) is 84.1 Å². The van der Waals surface area contributed by atoms with Gasteiger partial charge in [0, 0.05) is 50.6 Å². The van der Waals surface area contributed by atoms with E-state index >= 15 is 0 Å². The first-order valence-corrected chi connectivity index (χ1v) is 11.8. The fourth-order valence-corrected chi connectivity index (χ4v) is 5.83. The zero-order valence-electron chi connectivity index (χ0n) is 18.3. The van der Waals surface area contributed by atoms with Crippen molar-refractivity contribution in [3.05, 3.63) is 12.2 Å². The summed E-state index contributed by atoms with van der Waals surface area (Å²) in [6, 6.07) is 0. The molecule has 162 valence electrons. The highest BCUT2D eigenvalue weighted by Gasteiger charge is 2.50. The van der Waals surface area contributed by atoms with Crippen LogP contribution in [0.25, 0.3) is 0 Å². The SMILES string of the molecule is CC(C)Cn1cnnc1C1CN(C(=O)CCC2CCCCC2)CC12CCOCC2. The summed E-state index contributed by atoms with van der Waals surface area (Å²) >= 11 is 0. The van der Waals surface area contributed by atoms with Crippen LogP contribution in [0.1, 0.15) is 83.4 Å². The Hall–Kier alpha value is -1.43. The molecule has 2 saturated heterocycles. The Balaban J connectivity index is 1.47. The average molecular weight is 403 g/mol. The molecule has 0 bridgehead atoms. The Morgan fingerprint density at radius 2 is 2.00 bits per heavy atom. The zero-order chi connectivity index (χ0) is 20.3. The summed E-state index contributed by atoms with van der Waals surface area (Å²) in [6.45, 7) is 8.62. The Morgan fingerprint density at radius 3 is 2.72 bits per heavy atom. The molecule has 1 amide bonds. The number of hydrogen-bond acceptors (Lipinski definition) is 4. The Morgan fingerprint density at radius 1 is 1.24 bits per heavy atom. The van der Waals surface area contributed by atoms with Gasteiger partial charge in [0.2, 0.25) is 5.91 Å². The lowest BCUT2D eigenvalue weighted by Crippen LogP contribution is -2.38. The highest BCUT2D eigenvalue weighted by Crippen LogP contribution is 2.49. The van der Waals surface area contributed by atoms with Crippen molar-refractivity contribution in [2.75, 3.05) is 26.3 Å².